The normalized spacial score (nSPS) is 14.9. The number of benzene rings is 4. The highest BCUT2D eigenvalue weighted by Gasteiger charge is 2.35. The van der Waals surface area contributed by atoms with E-state index in [1.165, 1.54) is 27.7 Å². The van der Waals surface area contributed by atoms with Gasteiger partial charge >= 0.3 is 5.97 Å². The minimum atomic E-state index is -0.755. The van der Waals surface area contributed by atoms with E-state index in [2.05, 4.69) is 65.4 Å². The van der Waals surface area contributed by atoms with E-state index in [4.69, 9.17) is 14.5 Å². The minimum Gasteiger partial charge on any atom is -0.491 e. The Bertz CT molecular complexity index is 2370. The maximum Gasteiger partial charge on any atom is 0.338 e. The first-order chi connectivity index (χ1) is 22.8. The van der Waals surface area contributed by atoms with Gasteiger partial charge in [-0.1, -0.05) is 90.2 Å². The van der Waals surface area contributed by atoms with Gasteiger partial charge in [0.1, 0.15) is 11.8 Å². The summed E-state index contributed by atoms with van der Waals surface area (Å²) < 4.78 is 16.1. The molecule has 0 radical (unpaired) electrons. The zero-order valence-corrected chi connectivity index (χ0v) is 27.6. The fraction of sp³-hybridized carbons (Fsp3) is 0.205. The highest BCUT2D eigenvalue weighted by molar-refractivity contribution is 7.07. The molecule has 1 aliphatic rings. The number of para-hydroxylation sites is 2. The van der Waals surface area contributed by atoms with Gasteiger partial charge in [-0.2, -0.15) is 0 Å². The van der Waals surface area contributed by atoms with Gasteiger partial charge in [0, 0.05) is 34.8 Å². The van der Waals surface area contributed by atoms with E-state index in [0.717, 1.165) is 16.5 Å². The van der Waals surface area contributed by atoms with Gasteiger partial charge in [0.25, 0.3) is 5.56 Å². The number of thiazole rings is 1. The maximum atomic E-state index is 14.4. The number of rotatable bonds is 8. The monoisotopic (exact) mass is 641 g/mol. The molecule has 1 atom stereocenters. The van der Waals surface area contributed by atoms with Gasteiger partial charge in [0.05, 0.1) is 28.5 Å². The van der Waals surface area contributed by atoms with Crippen LogP contribution < -0.4 is 19.6 Å². The van der Waals surface area contributed by atoms with Crippen molar-refractivity contribution in [3.63, 3.8) is 0 Å². The third-order valence-corrected chi connectivity index (χ3v) is 9.40. The quantitative estimate of drug-likeness (QED) is 0.173. The number of fused-ring (bicyclic) bond motifs is 3. The molecule has 0 bridgehead atoms. The Kier molecular flexibility index (Phi) is 8.12. The molecule has 0 aliphatic carbocycles. The van der Waals surface area contributed by atoms with E-state index in [1.807, 2.05) is 56.3 Å². The van der Waals surface area contributed by atoms with Crippen molar-refractivity contribution >= 4 is 45.1 Å². The molecular weight excluding hydrogens is 607 g/mol. The van der Waals surface area contributed by atoms with Crippen molar-refractivity contribution in [2.45, 2.75) is 46.4 Å². The lowest BCUT2D eigenvalue weighted by Gasteiger charge is -2.26. The van der Waals surface area contributed by atoms with Crippen LogP contribution >= 0.6 is 11.3 Å². The second-order valence-electron chi connectivity index (χ2n) is 11.9. The average Bonchev–Trinajstić information content (AvgIpc) is 3.56. The highest BCUT2D eigenvalue weighted by Crippen LogP contribution is 2.36. The third-order valence-electron chi connectivity index (χ3n) is 8.42. The molecule has 6 aromatic rings. The lowest BCUT2D eigenvalue weighted by atomic mass is 9.95. The molecule has 0 N–H and O–H groups in total. The molecule has 0 saturated carbocycles. The van der Waals surface area contributed by atoms with Crippen LogP contribution in [0, 0.1) is 0 Å². The second-order valence-corrected chi connectivity index (χ2v) is 12.9. The molecule has 47 heavy (non-hydrogen) atoms. The topological polar surface area (TPSA) is 74.8 Å². The van der Waals surface area contributed by atoms with Crippen molar-refractivity contribution in [3.05, 3.63) is 145 Å². The summed E-state index contributed by atoms with van der Waals surface area (Å²) >= 11 is 1.32. The largest absolute Gasteiger partial charge is 0.491 e. The summed E-state index contributed by atoms with van der Waals surface area (Å²) in [5, 5.41) is 3.47. The summed E-state index contributed by atoms with van der Waals surface area (Å²) in [5.41, 5.74) is 4.57. The van der Waals surface area contributed by atoms with Gasteiger partial charge in [-0.3, -0.25) is 9.36 Å². The molecular formula is C39H35N3O4S. The van der Waals surface area contributed by atoms with E-state index in [9.17, 15) is 9.59 Å². The van der Waals surface area contributed by atoms with Crippen molar-refractivity contribution in [1.82, 2.24) is 9.13 Å². The predicted molar refractivity (Wildman–Crippen MR) is 188 cm³/mol. The summed E-state index contributed by atoms with van der Waals surface area (Å²) in [6.07, 6.45) is 3.96. The third kappa shape index (κ3) is 5.59. The number of allylic oxidation sites excluding steroid dienone is 1. The van der Waals surface area contributed by atoms with E-state index in [-0.39, 0.29) is 18.3 Å². The molecule has 2 aromatic heterocycles. The highest BCUT2D eigenvalue weighted by atomic mass is 32.1. The molecule has 0 saturated heterocycles. The fourth-order valence-electron chi connectivity index (χ4n) is 6.43. The molecule has 0 fully saturated rings. The molecule has 8 heteroatoms. The van der Waals surface area contributed by atoms with Crippen molar-refractivity contribution in [2.24, 2.45) is 4.99 Å². The number of carbonyl (C=O) groups is 1. The average molecular weight is 642 g/mol. The Morgan fingerprint density at radius 3 is 2.49 bits per heavy atom. The Labute approximate surface area is 276 Å². The summed E-state index contributed by atoms with van der Waals surface area (Å²) in [4.78, 5) is 33.1. The zero-order valence-electron chi connectivity index (χ0n) is 26.8. The fourth-order valence-corrected chi connectivity index (χ4v) is 7.47. The molecule has 0 amide bonds. The summed E-state index contributed by atoms with van der Waals surface area (Å²) in [6.45, 7) is 8.36. The van der Waals surface area contributed by atoms with Gasteiger partial charge in [-0.15, -0.1) is 0 Å². The van der Waals surface area contributed by atoms with Crippen molar-refractivity contribution in [3.8, 4) is 5.75 Å². The first-order valence-corrected chi connectivity index (χ1v) is 16.7. The lowest BCUT2D eigenvalue weighted by molar-refractivity contribution is -0.139. The van der Waals surface area contributed by atoms with Gasteiger partial charge in [-0.05, 0) is 62.2 Å². The van der Waals surface area contributed by atoms with Crippen LogP contribution in [0.3, 0.4) is 0 Å². The van der Waals surface area contributed by atoms with Crippen LogP contribution in [0.4, 0.5) is 0 Å². The van der Waals surface area contributed by atoms with Crippen LogP contribution in [0.25, 0.3) is 27.8 Å². The molecule has 0 unspecified atom stereocenters. The van der Waals surface area contributed by atoms with Gasteiger partial charge in [0.15, 0.2) is 4.80 Å². The minimum absolute atomic E-state index is 0.102. The van der Waals surface area contributed by atoms with Crippen LogP contribution in [0.2, 0.25) is 0 Å². The predicted octanol–water partition coefficient (Wildman–Crippen LogP) is 6.74. The number of hydrogen-bond donors (Lipinski definition) is 0. The number of esters is 1. The SMILES string of the molecule is CCOC(=O)C1=C(C)N=c2s/c(=C\c3cn(Cc4cccc5ccccc45)c4ccccc34)c(=O)n2[C@@H]1c1ccccc1OC(C)C. The van der Waals surface area contributed by atoms with E-state index in [0.29, 0.717) is 38.5 Å². The van der Waals surface area contributed by atoms with Gasteiger partial charge < -0.3 is 14.0 Å². The van der Waals surface area contributed by atoms with Crippen LogP contribution in [0.1, 0.15) is 50.4 Å². The number of nitrogens with zero attached hydrogens (tertiary/aromatic N) is 3. The van der Waals surface area contributed by atoms with E-state index in [1.54, 1.807) is 18.4 Å². The Morgan fingerprint density at radius 2 is 1.68 bits per heavy atom. The smallest absolute Gasteiger partial charge is 0.338 e. The summed E-state index contributed by atoms with van der Waals surface area (Å²) in [5.74, 6) is 0.110. The molecule has 7 rings (SSSR count). The Hall–Kier alpha value is -5.21. The number of ether oxygens (including phenoxy) is 2. The van der Waals surface area contributed by atoms with E-state index < -0.39 is 12.0 Å². The van der Waals surface area contributed by atoms with Crippen LogP contribution in [0.15, 0.2) is 118 Å². The zero-order chi connectivity index (χ0) is 32.7. The van der Waals surface area contributed by atoms with Crippen LogP contribution in [0.5, 0.6) is 5.75 Å². The Morgan fingerprint density at radius 1 is 0.957 bits per heavy atom. The standard InChI is InChI=1S/C39H35N3O4S/c1-5-45-38(44)35-25(4)40-39-42(36(35)31-18-9-11-20-33(31)46-24(2)3)37(43)34(47-39)21-28-23-41(32-19-10-8-17-30(28)32)22-27-15-12-14-26-13-6-7-16-29(26)27/h6-21,23-24,36H,5,22H2,1-4H3/b34-21-/t36-/m1/s1. The molecule has 0 spiro atoms. The summed E-state index contributed by atoms with van der Waals surface area (Å²) in [6, 6.07) is 29.9. The van der Waals surface area contributed by atoms with Crippen LogP contribution in [-0.4, -0.2) is 27.8 Å². The molecule has 3 heterocycles. The Balaban J connectivity index is 1.39. The van der Waals surface area contributed by atoms with Gasteiger partial charge in [-0.25, -0.2) is 9.79 Å². The van der Waals surface area contributed by atoms with Gasteiger partial charge in [0.2, 0.25) is 0 Å². The second kappa shape index (κ2) is 12.5. The summed E-state index contributed by atoms with van der Waals surface area (Å²) in [7, 11) is 0. The molecule has 236 valence electrons. The number of hydrogen-bond acceptors (Lipinski definition) is 6. The molecule has 1 aliphatic heterocycles. The van der Waals surface area contributed by atoms with Crippen molar-refractivity contribution in [1.29, 1.82) is 0 Å². The number of aromatic nitrogens is 2. The number of carbonyl (C=O) groups excluding carboxylic acids is 1. The lowest BCUT2D eigenvalue weighted by Crippen LogP contribution is -2.40. The van der Waals surface area contributed by atoms with Crippen molar-refractivity contribution < 1.29 is 14.3 Å². The first-order valence-electron chi connectivity index (χ1n) is 15.8. The molecule has 7 nitrogen and oxygen atoms in total. The first kappa shape index (κ1) is 30.4. The molecule has 4 aromatic carbocycles. The van der Waals surface area contributed by atoms with Crippen molar-refractivity contribution in [2.75, 3.05) is 6.61 Å². The van der Waals surface area contributed by atoms with Crippen LogP contribution in [-0.2, 0) is 16.1 Å². The van der Waals surface area contributed by atoms with E-state index >= 15 is 0 Å². The maximum absolute atomic E-state index is 14.4.